The van der Waals surface area contributed by atoms with Crippen LogP contribution in [0.15, 0.2) is 134 Å². The highest BCUT2D eigenvalue weighted by Gasteiger charge is 2.14. The molecule has 6 nitrogen and oxygen atoms in total. The summed E-state index contributed by atoms with van der Waals surface area (Å²) in [4.78, 5) is 28.4. The molecular formula is C36H22N6. The van der Waals surface area contributed by atoms with Crippen molar-refractivity contribution in [2.45, 2.75) is 0 Å². The van der Waals surface area contributed by atoms with E-state index in [1.807, 2.05) is 54.7 Å². The summed E-state index contributed by atoms with van der Waals surface area (Å²) in [6.45, 7) is 0. The number of nitrogens with zero attached hydrogens (tertiary/aromatic N) is 6. The van der Waals surface area contributed by atoms with Crippen LogP contribution in [0.4, 0.5) is 0 Å². The molecular weight excluding hydrogens is 516 g/mol. The fourth-order valence-corrected chi connectivity index (χ4v) is 5.33. The molecule has 3 aromatic carbocycles. The molecule has 8 aromatic rings. The maximum atomic E-state index is 5.00. The van der Waals surface area contributed by atoms with E-state index in [9.17, 15) is 0 Å². The van der Waals surface area contributed by atoms with Crippen LogP contribution in [0.5, 0.6) is 0 Å². The Labute approximate surface area is 241 Å². The number of aromatic nitrogens is 6. The van der Waals surface area contributed by atoms with E-state index in [2.05, 4.69) is 81.7 Å². The van der Waals surface area contributed by atoms with Gasteiger partial charge in [0.1, 0.15) is 11.4 Å². The summed E-state index contributed by atoms with van der Waals surface area (Å²) in [5, 5.41) is 3.10. The fraction of sp³-hybridized carbons (Fsp3) is 0. The Morgan fingerprint density at radius 2 is 1.10 bits per heavy atom. The van der Waals surface area contributed by atoms with Gasteiger partial charge >= 0.3 is 0 Å². The molecule has 0 spiro atoms. The minimum absolute atomic E-state index is 0.576. The lowest BCUT2D eigenvalue weighted by Gasteiger charge is -2.11. The zero-order valence-electron chi connectivity index (χ0n) is 22.4. The molecule has 8 rings (SSSR count). The van der Waals surface area contributed by atoms with E-state index in [0.29, 0.717) is 5.82 Å². The highest BCUT2D eigenvalue weighted by Crippen LogP contribution is 2.33. The Bertz CT molecular complexity index is 2230. The van der Waals surface area contributed by atoms with Crippen LogP contribution in [0, 0.1) is 0 Å². The first-order valence-electron chi connectivity index (χ1n) is 13.7. The van der Waals surface area contributed by atoms with Crippen LogP contribution in [0.2, 0.25) is 0 Å². The van der Waals surface area contributed by atoms with E-state index in [4.69, 9.17) is 15.0 Å². The molecule has 0 fully saturated rings. The summed E-state index contributed by atoms with van der Waals surface area (Å²) in [5.74, 6) is 0.576. The van der Waals surface area contributed by atoms with Crippen LogP contribution >= 0.6 is 0 Å². The Hall–Kier alpha value is -5.88. The average Bonchev–Trinajstić information content (AvgIpc) is 3.08. The lowest BCUT2D eigenvalue weighted by atomic mass is 9.99. The highest BCUT2D eigenvalue weighted by molar-refractivity contribution is 6.03. The minimum Gasteiger partial charge on any atom is -0.255 e. The molecule has 0 bridgehead atoms. The Balaban J connectivity index is 1.20. The second-order valence-electron chi connectivity index (χ2n) is 10.0. The van der Waals surface area contributed by atoms with Crippen LogP contribution in [-0.4, -0.2) is 29.9 Å². The normalized spacial score (nSPS) is 11.3. The highest BCUT2D eigenvalue weighted by atomic mass is 14.9. The molecule has 0 N–H and O–H groups in total. The lowest BCUT2D eigenvalue weighted by Crippen LogP contribution is -1.97. The third kappa shape index (κ3) is 4.22. The average molecular weight is 539 g/mol. The third-order valence-electron chi connectivity index (χ3n) is 7.44. The molecule has 0 aliphatic heterocycles. The van der Waals surface area contributed by atoms with Gasteiger partial charge < -0.3 is 0 Å². The molecule has 0 saturated heterocycles. The third-order valence-corrected chi connectivity index (χ3v) is 7.44. The van der Waals surface area contributed by atoms with Crippen molar-refractivity contribution in [2.75, 3.05) is 0 Å². The number of hydrogen-bond donors (Lipinski definition) is 0. The van der Waals surface area contributed by atoms with Gasteiger partial charge in [0, 0.05) is 40.3 Å². The zero-order valence-corrected chi connectivity index (χ0v) is 22.4. The van der Waals surface area contributed by atoms with Gasteiger partial charge in [-0.25, -0.2) is 15.0 Å². The first-order valence-corrected chi connectivity index (χ1v) is 13.7. The Morgan fingerprint density at radius 1 is 0.405 bits per heavy atom. The van der Waals surface area contributed by atoms with Crippen molar-refractivity contribution in [3.63, 3.8) is 0 Å². The number of pyridine rings is 4. The van der Waals surface area contributed by atoms with Crippen molar-refractivity contribution < 1.29 is 0 Å². The number of hydrogen-bond acceptors (Lipinski definition) is 6. The summed E-state index contributed by atoms with van der Waals surface area (Å²) in [5.41, 5.74) is 9.09. The van der Waals surface area contributed by atoms with Gasteiger partial charge in [-0.15, -0.1) is 0 Å². The maximum Gasteiger partial charge on any atom is 0.179 e. The predicted octanol–water partition coefficient (Wildman–Crippen LogP) is 8.18. The van der Waals surface area contributed by atoms with Crippen molar-refractivity contribution in [3.8, 4) is 45.3 Å². The summed E-state index contributed by atoms with van der Waals surface area (Å²) in [7, 11) is 0. The first-order chi connectivity index (χ1) is 20.8. The summed E-state index contributed by atoms with van der Waals surface area (Å²) in [6.07, 6.45) is 5.35. The van der Waals surface area contributed by atoms with E-state index in [0.717, 1.165) is 72.2 Å². The molecule has 5 heterocycles. The summed E-state index contributed by atoms with van der Waals surface area (Å²) in [6, 6.07) is 38.8. The van der Waals surface area contributed by atoms with Gasteiger partial charge in [-0.3, -0.25) is 15.0 Å². The second-order valence-corrected chi connectivity index (χ2v) is 10.0. The fourth-order valence-electron chi connectivity index (χ4n) is 5.33. The van der Waals surface area contributed by atoms with Crippen molar-refractivity contribution >= 4 is 32.7 Å². The predicted molar refractivity (Wildman–Crippen MR) is 167 cm³/mol. The van der Waals surface area contributed by atoms with E-state index < -0.39 is 0 Å². The number of fused-ring (bicyclic) bond motifs is 4. The lowest BCUT2D eigenvalue weighted by molar-refractivity contribution is 1.16. The van der Waals surface area contributed by atoms with Gasteiger partial charge in [0.15, 0.2) is 5.82 Å². The van der Waals surface area contributed by atoms with Crippen molar-refractivity contribution in [3.05, 3.63) is 134 Å². The van der Waals surface area contributed by atoms with E-state index in [-0.39, 0.29) is 0 Å². The molecule has 196 valence electrons. The quantitative estimate of drug-likeness (QED) is 0.210. The molecule has 0 saturated carbocycles. The van der Waals surface area contributed by atoms with Gasteiger partial charge in [-0.2, -0.15) is 0 Å². The molecule has 0 aliphatic carbocycles. The summed E-state index contributed by atoms with van der Waals surface area (Å²) < 4.78 is 0. The topological polar surface area (TPSA) is 77.3 Å². The summed E-state index contributed by atoms with van der Waals surface area (Å²) >= 11 is 0. The van der Waals surface area contributed by atoms with Gasteiger partial charge in [0.05, 0.1) is 27.9 Å². The molecule has 0 amide bonds. The molecule has 6 heteroatoms. The second kappa shape index (κ2) is 9.94. The van der Waals surface area contributed by atoms with Crippen LogP contribution in [-0.2, 0) is 0 Å². The molecule has 0 aliphatic rings. The van der Waals surface area contributed by atoms with Crippen molar-refractivity contribution in [1.82, 2.24) is 29.9 Å². The Kier molecular flexibility index (Phi) is 5.67. The van der Waals surface area contributed by atoms with Crippen molar-refractivity contribution in [2.24, 2.45) is 0 Å². The number of rotatable bonds is 4. The van der Waals surface area contributed by atoms with E-state index in [1.165, 1.54) is 0 Å². The molecule has 5 aromatic heterocycles. The molecule has 0 atom stereocenters. The Morgan fingerprint density at radius 3 is 1.88 bits per heavy atom. The standard InChI is InChI=1S/C36H22N6/c1-3-19-37-31(7-1)35-28-22-27(16-18-30(28)41-36(42-35)32-8-2-4-20-38-32)23-9-11-24(12-10-23)29-17-15-26-14-13-25-6-5-21-39-33(25)34(26)40-29/h1-22H. The van der Waals surface area contributed by atoms with Crippen LogP contribution in [0.1, 0.15) is 0 Å². The van der Waals surface area contributed by atoms with Crippen LogP contribution in [0.3, 0.4) is 0 Å². The smallest absolute Gasteiger partial charge is 0.179 e. The minimum atomic E-state index is 0.576. The van der Waals surface area contributed by atoms with Crippen LogP contribution < -0.4 is 0 Å². The maximum absolute atomic E-state index is 5.00. The first kappa shape index (κ1) is 24.0. The van der Waals surface area contributed by atoms with Crippen molar-refractivity contribution in [1.29, 1.82) is 0 Å². The molecule has 42 heavy (non-hydrogen) atoms. The molecule has 0 radical (unpaired) electrons. The van der Waals surface area contributed by atoms with Gasteiger partial charge in [0.2, 0.25) is 0 Å². The largest absolute Gasteiger partial charge is 0.255 e. The monoisotopic (exact) mass is 538 g/mol. The van der Waals surface area contributed by atoms with Gasteiger partial charge in [-0.1, -0.05) is 66.7 Å². The number of benzene rings is 3. The SMILES string of the molecule is c1ccc(-c2nc(-c3ccccn3)c3cc(-c4ccc(-c5ccc6ccc7cccnc7c6n5)cc4)ccc3n2)nc1. The van der Waals surface area contributed by atoms with E-state index in [1.54, 1.807) is 12.4 Å². The van der Waals surface area contributed by atoms with Crippen LogP contribution in [0.25, 0.3) is 78.0 Å². The van der Waals surface area contributed by atoms with Gasteiger partial charge in [0.25, 0.3) is 0 Å². The van der Waals surface area contributed by atoms with Gasteiger partial charge in [-0.05, 0) is 59.7 Å². The molecule has 0 unspecified atom stereocenters. The van der Waals surface area contributed by atoms with E-state index >= 15 is 0 Å². The zero-order chi connectivity index (χ0) is 27.9.